The van der Waals surface area contributed by atoms with E-state index >= 15 is 0 Å². The molecule has 1 aliphatic heterocycles. The molecule has 2 aromatic rings. The van der Waals surface area contributed by atoms with Crippen molar-refractivity contribution in [3.63, 3.8) is 0 Å². The van der Waals surface area contributed by atoms with Crippen molar-refractivity contribution in [3.8, 4) is 17.2 Å². The molecule has 3 rings (SSSR count). The van der Waals surface area contributed by atoms with Crippen LogP contribution in [0.4, 0.5) is 8.78 Å². The average Bonchev–Trinajstić information content (AvgIpc) is 3.08. The molecule has 0 saturated heterocycles. The summed E-state index contributed by atoms with van der Waals surface area (Å²) in [5.41, 5.74) is 1.80. The van der Waals surface area contributed by atoms with Gasteiger partial charge >= 0.3 is 6.61 Å². The van der Waals surface area contributed by atoms with Gasteiger partial charge < -0.3 is 19.5 Å². The smallest absolute Gasteiger partial charge is 0.387 e. The molecule has 1 N–H and O–H groups in total. The number of halogens is 2. The zero-order valence-electron chi connectivity index (χ0n) is 14.2. The van der Waals surface area contributed by atoms with Gasteiger partial charge in [-0.05, 0) is 48.7 Å². The lowest BCUT2D eigenvalue weighted by Crippen LogP contribution is -2.26. The maximum Gasteiger partial charge on any atom is 0.387 e. The highest BCUT2D eigenvalue weighted by Gasteiger charge is 2.16. The van der Waals surface area contributed by atoms with Gasteiger partial charge in [-0.15, -0.1) is 0 Å². The molecule has 0 spiro atoms. The van der Waals surface area contributed by atoms with E-state index in [0.29, 0.717) is 24.3 Å². The van der Waals surface area contributed by atoms with Gasteiger partial charge in [-0.3, -0.25) is 4.79 Å². The summed E-state index contributed by atoms with van der Waals surface area (Å²) in [5, 5.41) is 2.94. The Bertz CT molecular complexity index is 765. The molecule has 1 aliphatic rings. The molecule has 0 fully saturated rings. The fourth-order valence-electron chi connectivity index (χ4n) is 2.67. The molecule has 1 atom stereocenters. The molecule has 1 heterocycles. The van der Waals surface area contributed by atoms with Crippen molar-refractivity contribution in [3.05, 3.63) is 53.6 Å². The molecular weight excluding hydrogens is 344 g/mol. The molecule has 138 valence electrons. The van der Waals surface area contributed by atoms with Crippen molar-refractivity contribution in [1.29, 1.82) is 0 Å². The van der Waals surface area contributed by atoms with Gasteiger partial charge in [-0.2, -0.15) is 8.78 Å². The summed E-state index contributed by atoms with van der Waals surface area (Å²) in [5.74, 6) is 1.38. The van der Waals surface area contributed by atoms with Gasteiger partial charge in [0.05, 0.1) is 6.04 Å². The van der Waals surface area contributed by atoms with E-state index in [1.54, 1.807) is 12.1 Å². The number of carbonyl (C=O) groups excluding carboxylic acids is 1. The molecule has 0 aliphatic carbocycles. The Kier molecular flexibility index (Phi) is 5.55. The number of rotatable bonds is 7. The molecule has 0 aromatic heterocycles. The van der Waals surface area contributed by atoms with Crippen molar-refractivity contribution in [2.45, 2.75) is 32.4 Å². The van der Waals surface area contributed by atoms with E-state index in [0.717, 1.165) is 11.1 Å². The second-order valence-corrected chi connectivity index (χ2v) is 5.92. The summed E-state index contributed by atoms with van der Waals surface area (Å²) in [6, 6.07) is 11.7. The molecule has 5 nitrogen and oxygen atoms in total. The van der Waals surface area contributed by atoms with Crippen LogP contribution in [-0.4, -0.2) is 19.3 Å². The van der Waals surface area contributed by atoms with E-state index in [4.69, 9.17) is 9.47 Å². The molecule has 7 heteroatoms. The number of ether oxygens (including phenoxy) is 3. The van der Waals surface area contributed by atoms with Crippen LogP contribution in [0.2, 0.25) is 0 Å². The third kappa shape index (κ3) is 4.62. The standard InChI is InChI=1S/C19H19F2NO4/c1-12(14-5-8-16-17(10-14)25-11-24-16)22-18(23)9-4-13-2-6-15(7-3-13)26-19(20)21/h2-3,5-8,10,12,19H,4,9,11H2,1H3,(H,22,23). The lowest BCUT2D eigenvalue weighted by atomic mass is 10.1. The number of alkyl halides is 2. The minimum Gasteiger partial charge on any atom is -0.454 e. The highest BCUT2D eigenvalue weighted by Crippen LogP contribution is 2.34. The average molecular weight is 363 g/mol. The number of nitrogens with one attached hydrogen (secondary N) is 1. The summed E-state index contributed by atoms with van der Waals surface area (Å²) < 4.78 is 39.1. The predicted octanol–water partition coefficient (Wildman–Crippen LogP) is 3.83. The SMILES string of the molecule is CC(NC(=O)CCc1ccc(OC(F)F)cc1)c1ccc2c(c1)OCO2. The van der Waals surface area contributed by atoms with E-state index in [1.165, 1.54) is 12.1 Å². The number of benzene rings is 2. The van der Waals surface area contributed by atoms with Gasteiger partial charge in [0.2, 0.25) is 12.7 Å². The van der Waals surface area contributed by atoms with Gasteiger partial charge in [0.25, 0.3) is 0 Å². The predicted molar refractivity (Wildman–Crippen MR) is 90.5 cm³/mol. The zero-order valence-corrected chi connectivity index (χ0v) is 14.2. The number of hydrogen-bond acceptors (Lipinski definition) is 4. The molecule has 2 aromatic carbocycles. The number of aryl methyl sites for hydroxylation is 1. The van der Waals surface area contributed by atoms with Crippen molar-refractivity contribution in [2.75, 3.05) is 6.79 Å². The van der Waals surface area contributed by atoms with Crippen molar-refractivity contribution in [1.82, 2.24) is 5.32 Å². The van der Waals surface area contributed by atoms with Gasteiger partial charge in [0.1, 0.15) is 5.75 Å². The number of fused-ring (bicyclic) bond motifs is 1. The monoisotopic (exact) mass is 363 g/mol. The summed E-state index contributed by atoms with van der Waals surface area (Å²) in [6.45, 7) is -0.739. The molecule has 0 saturated carbocycles. The fourth-order valence-corrected chi connectivity index (χ4v) is 2.67. The number of amides is 1. The second-order valence-electron chi connectivity index (χ2n) is 5.92. The molecule has 1 unspecified atom stereocenters. The van der Waals surface area contributed by atoms with Crippen LogP contribution >= 0.6 is 0 Å². The second kappa shape index (κ2) is 8.03. The quantitative estimate of drug-likeness (QED) is 0.812. The topological polar surface area (TPSA) is 56.8 Å². The van der Waals surface area contributed by atoms with Crippen LogP contribution < -0.4 is 19.5 Å². The molecule has 26 heavy (non-hydrogen) atoms. The highest BCUT2D eigenvalue weighted by atomic mass is 19.3. The van der Waals surface area contributed by atoms with Gasteiger partial charge in [-0.1, -0.05) is 18.2 Å². The van der Waals surface area contributed by atoms with Crippen molar-refractivity contribution in [2.24, 2.45) is 0 Å². The molecule has 0 bridgehead atoms. The van der Waals surface area contributed by atoms with Gasteiger partial charge in [0, 0.05) is 6.42 Å². The first-order chi connectivity index (χ1) is 12.5. The van der Waals surface area contributed by atoms with E-state index < -0.39 is 6.61 Å². The minimum atomic E-state index is -2.84. The lowest BCUT2D eigenvalue weighted by Gasteiger charge is -2.15. The lowest BCUT2D eigenvalue weighted by molar-refractivity contribution is -0.121. The van der Waals surface area contributed by atoms with E-state index in [2.05, 4.69) is 10.1 Å². The first-order valence-electron chi connectivity index (χ1n) is 8.24. The van der Waals surface area contributed by atoms with Crippen LogP contribution in [0, 0.1) is 0 Å². The van der Waals surface area contributed by atoms with Crippen LogP contribution in [0.5, 0.6) is 17.2 Å². The minimum absolute atomic E-state index is 0.0944. The first kappa shape index (κ1) is 18.0. The van der Waals surface area contributed by atoms with E-state index in [-0.39, 0.29) is 24.5 Å². The van der Waals surface area contributed by atoms with Gasteiger partial charge in [0.15, 0.2) is 11.5 Å². The number of carbonyl (C=O) groups is 1. The number of hydrogen-bond donors (Lipinski definition) is 1. The Hall–Kier alpha value is -2.83. The normalized spacial score (nSPS) is 13.5. The first-order valence-corrected chi connectivity index (χ1v) is 8.24. The van der Waals surface area contributed by atoms with Crippen LogP contribution in [0.15, 0.2) is 42.5 Å². The Morgan fingerprint density at radius 1 is 1.15 bits per heavy atom. The van der Waals surface area contributed by atoms with Crippen LogP contribution in [0.3, 0.4) is 0 Å². The Morgan fingerprint density at radius 2 is 1.88 bits per heavy atom. The maximum atomic E-state index is 12.2. The van der Waals surface area contributed by atoms with E-state index in [9.17, 15) is 13.6 Å². The third-order valence-electron chi connectivity index (χ3n) is 4.06. The molecule has 0 radical (unpaired) electrons. The Morgan fingerprint density at radius 3 is 2.62 bits per heavy atom. The fraction of sp³-hybridized carbons (Fsp3) is 0.316. The summed E-state index contributed by atoms with van der Waals surface area (Å²) >= 11 is 0. The van der Waals surface area contributed by atoms with Crippen molar-refractivity contribution >= 4 is 5.91 Å². The van der Waals surface area contributed by atoms with Crippen LogP contribution in [0.1, 0.15) is 30.5 Å². The zero-order chi connectivity index (χ0) is 18.5. The maximum absolute atomic E-state index is 12.2. The van der Waals surface area contributed by atoms with E-state index in [1.807, 2.05) is 25.1 Å². The Labute approximate surface area is 149 Å². The Balaban J connectivity index is 1.49. The van der Waals surface area contributed by atoms with Crippen LogP contribution in [-0.2, 0) is 11.2 Å². The van der Waals surface area contributed by atoms with Crippen LogP contribution in [0.25, 0.3) is 0 Å². The van der Waals surface area contributed by atoms with Crippen molar-refractivity contribution < 1.29 is 27.8 Å². The van der Waals surface area contributed by atoms with Gasteiger partial charge in [-0.25, -0.2) is 0 Å². The summed E-state index contributed by atoms with van der Waals surface area (Å²) in [6.07, 6.45) is 0.804. The highest BCUT2D eigenvalue weighted by molar-refractivity contribution is 5.76. The summed E-state index contributed by atoms with van der Waals surface area (Å²) in [4.78, 5) is 12.2. The summed E-state index contributed by atoms with van der Waals surface area (Å²) in [7, 11) is 0. The molecular formula is C19H19F2NO4. The third-order valence-corrected chi connectivity index (χ3v) is 4.06. The molecule has 1 amide bonds. The largest absolute Gasteiger partial charge is 0.454 e.